The smallest absolute Gasteiger partial charge is 0.462 e. The third-order valence-corrected chi connectivity index (χ3v) is 13.7. The first-order valence-corrected chi connectivity index (χ1v) is 30.1. The molecule has 0 fully saturated rings. The number of likely N-dealkylation sites (N-methyl/N-ethyl adjacent to an activating group) is 1. The number of allylic oxidation sites excluding steroid dienone is 4. The molecule has 0 saturated carbocycles. The summed E-state index contributed by atoms with van der Waals surface area (Å²) >= 11 is 0. The zero-order valence-corrected chi connectivity index (χ0v) is 45.8. The molecule has 9 nitrogen and oxygen atoms in total. The van der Waals surface area contributed by atoms with Crippen LogP contribution < -0.4 is 0 Å². The van der Waals surface area contributed by atoms with Gasteiger partial charge in [-0.2, -0.15) is 0 Å². The predicted molar refractivity (Wildman–Crippen MR) is 284 cm³/mol. The molecule has 0 amide bonds. The van der Waals surface area contributed by atoms with Crippen molar-refractivity contribution in [3.05, 3.63) is 24.3 Å². The van der Waals surface area contributed by atoms with Gasteiger partial charge in [0, 0.05) is 12.8 Å². The molecule has 0 spiro atoms. The lowest BCUT2D eigenvalue weighted by molar-refractivity contribution is -0.870. The lowest BCUT2D eigenvalue weighted by Gasteiger charge is -2.24. The lowest BCUT2D eigenvalue weighted by Crippen LogP contribution is -2.37. The first kappa shape index (κ1) is 65.5. The lowest BCUT2D eigenvalue weighted by atomic mass is 10.0. The van der Waals surface area contributed by atoms with Crippen molar-refractivity contribution in [1.82, 2.24) is 0 Å². The van der Waals surface area contributed by atoms with Gasteiger partial charge >= 0.3 is 19.8 Å². The highest BCUT2D eigenvalue weighted by Gasteiger charge is 2.27. The van der Waals surface area contributed by atoms with E-state index in [1.54, 1.807) is 0 Å². The fraction of sp³-hybridized carbons (Fsp3) is 0.895. The topological polar surface area (TPSA) is 108 Å². The number of nitrogens with zero attached hydrogens (tertiary/aromatic N) is 1. The van der Waals surface area contributed by atoms with Gasteiger partial charge in [0.05, 0.1) is 27.7 Å². The molecule has 0 aromatic rings. The second-order valence-electron chi connectivity index (χ2n) is 20.7. The molecule has 0 bridgehead atoms. The maximum Gasteiger partial charge on any atom is 0.472 e. The maximum absolute atomic E-state index is 12.7. The standard InChI is InChI=1S/C57H110NO8P/c1-6-8-10-12-14-16-17-18-19-20-21-22-23-24-25-26-27-28-29-30-31-32-33-34-35-36-37-38-39-40-41-42-44-46-48-50-57(60)66-55(54-65-67(61,62)64-52-51-58(3,4)5)53-63-56(59)49-47-45-43-15-13-11-9-7-2/h17-18,20-21,55H,6-16,19,22-54H2,1-5H3/p+1/b18-17-,21-20-. The van der Waals surface area contributed by atoms with Crippen LogP contribution >= 0.6 is 7.82 Å². The Kier molecular flexibility index (Phi) is 48.4. The number of rotatable bonds is 53. The molecule has 0 radical (unpaired) electrons. The fourth-order valence-electron chi connectivity index (χ4n) is 8.28. The zero-order valence-electron chi connectivity index (χ0n) is 44.9. The summed E-state index contributed by atoms with van der Waals surface area (Å²) in [5.74, 6) is -0.789. The van der Waals surface area contributed by atoms with Gasteiger partial charge in [-0.25, -0.2) is 4.57 Å². The van der Waals surface area contributed by atoms with Crippen molar-refractivity contribution in [3.8, 4) is 0 Å². The number of phosphoric ester groups is 1. The van der Waals surface area contributed by atoms with Crippen molar-refractivity contribution in [2.24, 2.45) is 0 Å². The average molecular weight is 969 g/mol. The largest absolute Gasteiger partial charge is 0.472 e. The monoisotopic (exact) mass is 969 g/mol. The van der Waals surface area contributed by atoms with Crippen molar-refractivity contribution in [2.75, 3.05) is 47.5 Å². The Balaban J connectivity index is 3.85. The molecule has 67 heavy (non-hydrogen) atoms. The first-order chi connectivity index (χ1) is 32.5. The molecule has 2 unspecified atom stereocenters. The first-order valence-electron chi connectivity index (χ1n) is 28.6. The van der Waals surface area contributed by atoms with Gasteiger partial charge in [-0.15, -0.1) is 0 Å². The summed E-state index contributed by atoms with van der Waals surface area (Å²) in [5.41, 5.74) is 0. The predicted octanol–water partition coefficient (Wildman–Crippen LogP) is 17.4. The molecule has 0 aliphatic carbocycles. The van der Waals surface area contributed by atoms with Crippen molar-refractivity contribution >= 4 is 19.8 Å². The minimum Gasteiger partial charge on any atom is -0.462 e. The molecular weight excluding hydrogens is 858 g/mol. The molecule has 0 aliphatic heterocycles. The molecule has 2 atom stereocenters. The van der Waals surface area contributed by atoms with Crippen molar-refractivity contribution in [2.45, 2.75) is 283 Å². The summed E-state index contributed by atoms with van der Waals surface area (Å²) in [7, 11) is 1.49. The van der Waals surface area contributed by atoms with E-state index in [0.29, 0.717) is 23.9 Å². The number of carbonyl (C=O) groups excluding carboxylic acids is 2. The van der Waals surface area contributed by atoms with Crippen molar-refractivity contribution in [3.63, 3.8) is 0 Å². The Morgan fingerprint density at radius 3 is 1.18 bits per heavy atom. The summed E-state index contributed by atoms with van der Waals surface area (Å²) in [6, 6.07) is 0. The molecule has 396 valence electrons. The van der Waals surface area contributed by atoms with Gasteiger partial charge in [0.2, 0.25) is 0 Å². The fourth-order valence-corrected chi connectivity index (χ4v) is 9.02. The minimum atomic E-state index is -4.37. The van der Waals surface area contributed by atoms with Gasteiger partial charge in [-0.3, -0.25) is 18.6 Å². The van der Waals surface area contributed by atoms with Crippen LogP contribution in [0.15, 0.2) is 24.3 Å². The minimum absolute atomic E-state index is 0.0352. The summed E-state index contributed by atoms with van der Waals surface area (Å²) in [6.07, 6.45) is 58.6. The molecule has 0 aliphatic rings. The van der Waals surface area contributed by atoms with Gasteiger partial charge in [-0.1, -0.05) is 244 Å². The summed E-state index contributed by atoms with van der Waals surface area (Å²) in [4.78, 5) is 35.4. The van der Waals surface area contributed by atoms with Crippen LogP contribution in [-0.4, -0.2) is 74.9 Å². The number of quaternary nitrogens is 1. The van der Waals surface area contributed by atoms with Gasteiger partial charge in [0.25, 0.3) is 0 Å². The van der Waals surface area contributed by atoms with Crippen LogP contribution in [0.25, 0.3) is 0 Å². The van der Waals surface area contributed by atoms with Gasteiger partial charge in [0.15, 0.2) is 6.10 Å². The number of carbonyl (C=O) groups is 2. The molecule has 0 aromatic heterocycles. The van der Waals surface area contributed by atoms with Crippen LogP contribution in [0.1, 0.15) is 277 Å². The average Bonchev–Trinajstić information content (AvgIpc) is 3.29. The van der Waals surface area contributed by atoms with E-state index in [4.69, 9.17) is 18.5 Å². The second-order valence-corrected chi connectivity index (χ2v) is 22.1. The van der Waals surface area contributed by atoms with E-state index in [9.17, 15) is 19.0 Å². The Hall–Kier alpha value is -1.51. The zero-order chi connectivity index (χ0) is 49.2. The number of unbranched alkanes of at least 4 members (excludes halogenated alkanes) is 35. The third-order valence-electron chi connectivity index (χ3n) is 12.7. The molecule has 0 aromatic carbocycles. The Morgan fingerprint density at radius 1 is 0.463 bits per heavy atom. The summed E-state index contributed by atoms with van der Waals surface area (Å²) < 4.78 is 34.4. The molecule has 0 saturated heterocycles. The second kappa shape index (κ2) is 49.5. The van der Waals surface area contributed by atoms with Crippen molar-refractivity contribution in [1.29, 1.82) is 0 Å². The normalized spacial score (nSPS) is 13.5. The Bertz CT molecular complexity index is 1190. The highest BCUT2D eigenvalue weighted by Crippen LogP contribution is 2.43. The number of ether oxygens (including phenoxy) is 2. The Labute approximate surface area is 415 Å². The van der Waals surface area contributed by atoms with Crippen LogP contribution in [0.3, 0.4) is 0 Å². The van der Waals surface area contributed by atoms with Gasteiger partial charge in [-0.05, 0) is 44.9 Å². The maximum atomic E-state index is 12.7. The van der Waals surface area contributed by atoms with Crippen LogP contribution in [0.2, 0.25) is 0 Å². The van der Waals surface area contributed by atoms with Crippen LogP contribution in [0.5, 0.6) is 0 Å². The van der Waals surface area contributed by atoms with E-state index >= 15 is 0 Å². The number of esters is 2. The highest BCUT2D eigenvalue weighted by atomic mass is 31.2. The van der Waals surface area contributed by atoms with Crippen molar-refractivity contribution < 1.29 is 42.1 Å². The Morgan fingerprint density at radius 2 is 0.806 bits per heavy atom. The molecule has 0 heterocycles. The van der Waals surface area contributed by atoms with Crippen LogP contribution in [0, 0.1) is 0 Å². The van der Waals surface area contributed by atoms with Crippen LogP contribution in [-0.2, 0) is 32.7 Å². The van der Waals surface area contributed by atoms with E-state index in [0.717, 1.165) is 38.5 Å². The number of hydrogen-bond donors (Lipinski definition) is 1. The van der Waals surface area contributed by atoms with Gasteiger partial charge in [0.1, 0.15) is 19.8 Å². The molecular formula is C57H111NO8P+. The van der Waals surface area contributed by atoms with E-state index in [-0.39, 0.29) is 25.6 Å². The molecule has 1 N–H and O–H groups in total. The van der Waals surface area contributed by atoms with E-state index < -0.39 is 26.5 Å². The number of hydrogen-bond acceptors (Lipinski definition) is 7. The number of phosphoric acid groups is 1. The third kappa shape index (κ3) is 53.7. The van der Waals surface area contributed by atoms with E-state index in [1.807, 2.05) is 21.1 Å². The summed E-state index contributed by atoms with van der Waals surface area (Å²) in [6.45, 7) is 4.42. The highest BCUT2D eigenvalue weighted by molar-refractivity contribution is 7.47. The SMILES string of the molecule is CCCCCCC/C=C\C/C=C\CCCCCCCCCCCCCCCCCCCCCCCCCC(=O)OC(COC(=O)CCCCCCCCCC)COP(=O)(O)OCC[N+](C)(C)C. The van der Waals surface area contributed by atoms with E-state index in [2.05, 4.69) is 38.2 Å². The van der Waals surface area contributed by atoms with E-state index in [1.165, 1.54) is 205 Å². The quantitative estimate of drug-likeness (QED) is 0.0211. The molecule has 10 heteroatoms. The van der Waals surface area contributed by atoms with Gasteiger partial charge < -0.3 is 18.9 Å². The summed E-state index contributed by atoms with van der Waals surface area (Å²) in [5, 5.41) is 0. The molecule has 0 rings (SSSR count). The van der Waals surface area contributed by atoms with Crippen LogP contribution in [0.4, 0.5) is 0 Å².